The molecule has 0 amide bonds. The number of ether oxygens (including phenoxy) is 2. The molecule has 0 saturated carbocycles. The van der Waals surface area contributed by atoms with Crippen LogP contribution in [-0.2, 0) is 16.0 Å². The number of aromatic nitrogens is 1. The number of hydrogen-bond acceptors (Lipinski definition) is 5. The van der Waals surface area contributed by atoms with E-state index in [1.54, 1.807) is 27.9 Å². The van der Waals surface area contributed by atoms with Gasteiger partial charge in [-0.3, -0.25) is 4.79 Å². The zero-order valence-corrected chi connectivity index (χ0v) is 15.7. The van der Waals surface area contributed by atoms with E-state index >= 15 is 0 Å². The maximum Gasteiger partial charge on any atom is 0.342 e. The minimum absolute atomic E-state index is 0.222. The SMILES string of the molecule is COCCn1c(C)cc(C(=O)COC(=O)c2c(C)oc(C)c2C)c1C. The van der Waals surface area contributed by atoms with Crippen molar-refractivity contribution in [2.24, 2.45) is 0 Å². The summed E-state index contributed by atoms with van der Waals surface area (Å²) in [6, 6.07) is 1.82. The Kier molecular flexibility index (Phi) is 5.85. The second-order valence-electron chi connectivity index (χ2n) is 6.14. The highest BCUT2D eigenvalue weighted by Gasteiger charge is 2.22. The number of aryl methyl sites for hydroxylation is 3. The first kappa shape index (κ1) is 19.0. The number of carbonyl (C=O) groups is 2. The van der Waals surface area contributed by atoms with Gasteiger partial charge in [-0.05, 0) is 40.7 Å². The van der Waals surface area contributed by atoms with E-state index < -0.39 is 5.97 Å². The van der Waals surface area contributed by atoms with Gasteiger partial charge in [0.15, 0.2) is 6.61 Å². The van der Waals surface area contributed by atoms with Gasteiger partial charge in [0.25, 0.3) is 0 Å². The van der Waals surface area contributed by atoms with Crippen LogP contribution in [0.4, 0.5) is 0 Å². The molecular formula is C19H25NO5. The molecular weight excluding hydrogens is 322 g/mol. The zero-order valence-electron chi connectivity index (χ0n) is 15.7. The van der Waals surface area contributed by atoms with E-state index in [9.17, 15) is 9.59 Å². The fourth-order valence-electron chi connectivity index (χ4n) is 2.99. The van der Waals surface area contributed by atoms with Gasteiger partial charge < -0.3 is 18.5 Å². The predicted octanol–water partition coefficient (Wildman–Crippen LogP) is 3.31. The Bertz CT molecular complexity index is 797. The van der Waals surface area contributed by atoms with Gasteiger partial charge in [-0.2, -0.15) is 0 Å². The van der Waals surface area contributed by atoms with Crippen LogP contribution in [0.5, 0.6) is 0 Å². The van der Waals surface area contributed by atoms with Crippen molar-refractivity contribution >= 4 is 11.8 Å². The van der Waals surface area contributed by atoms with Crippen LogP contribution in [0.3, 0.4) is 0 Å². The van der Waals surface area contributed by atoms with Crippen molar-refractivity contribution in [1.29, 1.82) is 0 Å². The van der Waals surface area contributed by atoms with Gasteiger partial charge >= 0.3 is 5.97 Å². The lowest BCUT2D eigenvalue weighted by Crippen LogP contribution is -2.16. The van der Waals surface area contributed by atoms with E-state index in [1.807, 2.05) is 24.5 Å². The summed E-state index contributed by atoms with van der Waals surface area (Å²) in [5, 5.41) is 0. The number of nitrogens with zero attached hydrogens (tertiary/aromatic N) is 1. The van der Waals surface area contributed by atoms with Crippen LogP contribution < -0.4 is 0 Å². The number of methoxy groups -OCH3 is 1. The summed E-state index contributed by atoms with van der Waals surface area (Å²) < 4.78 is 17.8. The summed E-state index contributed by atoms with van der Waals surface area (Å²) in [4.78, 5) is 24.7. The van der Waals surface area contributed by atoms with Crippen molar-refractivity contribution in [2.75, 3.05) is 20.3 Å². The summed E-state index contributed by atoms with van der Waals surface area (Å²) >= 11 is 0. The summed E-state index contributed by atoms with van der Waals surface area (Å²) in [5.74, 6) is 0.427. The number of Topliss-reactive ketones (excluding diaryl/α,β-unsaturated/α-hetero) is 1. The minimum Gasteiger partial charge on any atom is -0.465 e. The van der Waals surface area contributed by atoms with Crippen LogP contribution in [0.15, 0.2) is 10.5 Å². The Balaban J connectivity index is 2.09. The highest BCUT2D eigenvalue weighted by Crippen LogP contribution is 2.22. The molecule has 25 heavy (non-hydrogen) atoms. The Labute approximate surface area is 147 Å². The Morgan fingerprint density at radius 1 is 1.12 bits per heavy atom. The lowest BCUT2D eigenvalue weighted by molar-refractivity contribution is 0.0472. The summed E-state index contributed by atoms with van der Waals surface area (Å²) in [5.41, 5.74) is 3.53. The minimum atomic E-state index is -0.534. The third kappa shape index (κ3) is 3.85. The summed E-state index contributed by atoms with van der Waals surface area (Å²) in [6.07, 6.45) is 0. The van der Waals surface area contributed by atoms with Crippen LogP contribution in [0, 0.1) is 34.6 Å². The Hall–Kier alpha value is -2.34. The highest BCUT2D eigenvalue weighted by molar-refractivity contribution is 6.01. The van der Waals surface area contributed by atoms with Crippen molar-refractivity contribution < 1.29 is 23.5 Å². The number of rotatable bonds is 7. The van der Waals surface area contributed by atoms with E-state index in [4.69, 9.17) is 13.9 Å². The number of furan rings is 1. The first-order valence-electron chi connectivity index (χ1n) is 8.20. The van der Waals surface area contributed by atoms with E-state index in [-0.39, 0.29) is 12.4 Å². The molecule has 136 valence electrons. The number of esters is 1. The zero-order chi connectivity index (χ0) is 18.7. The molecule has 6 heteroatoms. The second-order valence-corrected chi connectivity index (χ2v) is 6.14. The monoisotopic (exact) mass is 347 g/mol. The molecule has 0 aliphatic carbocycles. The molecule has 6 nitrogen and oxygen atoms in total. The van der Waals surface area contributed by atoms with Gasteiger partial charge in [0.2, 0.25) is 5.78 Å². The molecule has 2 aromatic rings. The second kappa shape index (κ2) is 7.70. The van der Waals surface area contributed by atoms with E-state index in [0.29, 0.717) is 35.8 Å². The molecule has 0 aromatic carbocycles. The van der Waals surface area contributed by atoms with Crippen molar-refractivity contribution in [1.82, 2.24) is 4.57 Å². The molecule has 0 aliphatic heterocycles. The van der Waals surface area contributed by atoms with Gasteiger partial charge in [-0.15, -0.1) is 0 Å². The topological polar surface area (TPSA) is 70.7 Å². The first-order valence-corrected chi connectivity index (χ1v) is 8.20. The summed E-state index contributed by atoms with van der Waals surface area (Å²) in [6.45, 7) is 10.1. The first-order chi connectivity index (χ1) is 11.8. The fraction of sp³-hybridized carbons (Fsp3) is 0.474. The molecule has 0 N–H and O–H groups in total. The van der Waals surface area contributed by atoms with Crippen LogP contribution >= 0.6 is 0 Å². The molecule has 0 fully saturated rings. The third-order valence-corrected chi connectivity index (χ3v) is 4.49. The van der Waals surface area contributed by atoms with Gasteiger partial charge in [0.1, 0.15) is 17.1 Å². The largest absolute Gasteiger partial charge is 0.465 e. The quantitative estimate of drug-likeness (QED) is 0.568. The average Bonchev–Trinajstić information content (AvgIpc) is 2.98. The van der Waals surface area contributed by atoms with E-state index in [2.05, 4.69) is 0 Å². The maximum absolute atomic E-state index is 12.5. The Morgan fingerprint density at radius 3 is 2.36 bits per heavy atom. The van der Waals surface area contributed by atoms with Crippen LogP contribution in [0.2, 0.25) is 0 Å². The van der Waals surface area contributed by atoms with Crippen molar-refractivity contribution in [2.45, 2.75) is 41.2 Å². The number of ketones is 1. The number of carbonyl (C=O) groups excluding carboxylic acids is 2. The fourth-order valence-corrected chi connectivity index (χ4v) is 2.99. The van der Waals surface area contributed by atoms with Crippen LogP contribution in [0.1, 0.15) is 49.2 Å². The molecule has 2 aromatic heterocycles. The predicted molar refractivity (Wildman–Crippen MR) is 93.3 cm³/mol. The van der Waals surface area contributed by atoms with Crippen molar-refractivity contribution in [3.8, 4) is 0 Å². The molecule has 2 rings (SSSR count). The molecule has 2 heterocycles. The molecule has 0 aliphatic rings. The highest BCUT2D eigenvalue weighted by atomic mass is 16.5. The molecule has 0 bridgehead atoms. The maximum atomic E-state index is 12.5. The van der Waals surface area contributed by atoms with Crippen LogP contribution in [0.25, 0.3) is 0 Å². The smallest absolute Gasteiger partial charge is 0.342 e. The normalized spacial score (nSPS) is 11.0. The van der Waals surface area contributed by atoms with Gasteiger partial charge in [0.05, 0.1) is 6.61 Å². The molecule has 0 unspecified atom stereocenters. The summed E-state index contributed by atoms with van der Waals surface area (Å²) in [7, 11) is 1.64. The van der Waals surface area contributed by atoms with E-state index in [1.165, 1.54) is 0 Å². The molecule has 0 atom stereocenters. The van der Waals surface area contributed by atoms with Gasteiger partial charge in [0, 0.05) is 36.2 Å². The lowest BCUT2D eigenvalue weighted by Gasteiger charge is -2.09. The van der Waals surface area contributed by atoms with Crippen LogP contribution in [-0.4, -0.2) is 36.6 Å². The lowest BCUT2D eigenvalue weighted by atomic mass is 10.1. The standard InChI is InChI=1S/C19H25NO5/c1-11-9-16(13(3)20(11)7-8-23-6)17(21)10-24-19(22)18-12(2)14(4)25-15(18)5/h9H,7-8,10H2,1-6H3. The molecule has 0 radical (unpaired) electrons. The third-order valence-electron chi connectivity index (χ3n) is 4.49. The molecule has 0 spiro atoms. The van der Waals surface area contributed by atoms with Crippen molar-refractivity contribution in [3.63, 3.8) is 0 Å². The molecule has 0 saturated heterocycles. The average molecular weight is 347 g/mol. The number of hydrogen-bond donors (Lipinski definition) is 0. The van der Waals surface area contributed by atoms with E-state index in [0.717, 1.165) is 17.0 Å². The van der Waals surface area contributed by atoms with Crippen molar-refractivity contribution in [3.05, 3.63) is 45.7 Å². The van der Waals surface area contributed by atoms with Gasteiger partial charge in [-0.25, -0.2) is 4.79 Å². The van der Waals surface area contributed by atoms with Gasteiger partial charge in [-0.1, -0.05) is 0 Å². The Morgan fingerprint density at radius 2 is 1.80 bits per heavy atom.